The van der Waals surface area contributed by atoms with Gasteiger partial charge in [0.25, 0.3) is 5.91 Å². The van der Waals surface area contributed by atoms with Crippen LogP contribution in [-0.2, 0) is 0 Å². The van der Waals surface area contributed by atoms with Crippen LogP contribution < -0.4 is 4.90 Å². The van der Waals surface area contributed by atoms with Crippen LogP contribution in [0.3, 0.4) is 0 Å². The van der Waals surface area contributed by atoms with Crippen molar-refractivity contribution in [2.45, 2.75) is 12.8 Å². The maximum atomic E-state index is 12.3. The van der Waals surface area contributed by atoms with Crippen LogP contribution in [0.5, 0.6) is 0 Å². The largest absolute Gasteiger partial charge is 0.371 e. The Bertz CT molecular complexity index is 650. The summed E-state index contributed by atoms with van der Waals surface area (Å²) in [6.45, 7) is 2.82. The molecule has 3 heterocycles. The lowest BCUT2D eigenvalue weighted by molar-refractivity contribution is 0.0760. The van der Waals surface area contributed by atoms with Crippen LogP contribution in [0.1, 0.15) is 23.3 Å². The second kappa shape index (κ2) is 7.04. The highest BCUT2D eigenvalue weighted by Gasteiger charge is 2.23. The Morgan fingerprint density at radius 3 is 2.70 bits per heavy atom. The molecule has 0 bridgehead atoms. The topological polar surface area (TPSA) is 52.2 Å². The standard InChI is InChI=1S/C17H21ClN4O/c1-21(17(23)16-10-14(18)11-20-16)12-13-4-8-22(9-5-13)15-2-6-19-7-3-15/h2-3,6-7,10-11,13,20H,4-5,8-9,12H2,1H3. The van der Waals surface area contributed by atoms with Crippen molar-refractivity contribution in [3.63, 3.8) is 0 Å². The summed E-state index contributed by atoms with van der Waals surface area (Å²) >= 11 is 5.86. The van der Waals surface area contributed by atoms with E-state index in [1.165, 1.54) is 5.69 Å². The van der Waals surface area contributed by atoms with E-state index >= 15 is 0 Å². The van der Waals surface area contributed by atoms with Crippen molar-refractivity contribution >= 4 is 23.2 Å². The molecule has 0 aliphatic carbocycles. The Morgan fingerprint density at radius 1 is 1.39 bits per heavy atom. The van der Waals surface area contributed by atoms with Gasteiger partial charge in [-0.25, -0.2) is 0 Å². The van der Waals surface area contributed by atoms with E-state index in [-0.39, 0.29) is 5.91 Å². The van der Waals surface area contributed by atoms with Gasteiger partial charge in [0, 0.05) is 51.0 Å². The number of rotatable bonds is 4. The first kappa shape index (κ1) is 15.9. The molecule has 23 heavy (non-hydrogen) atoms. The van der Waals surface area contributed by atoms with Gasteiger partial charge >= 0.3 is 0 Å². The fourth-order valence-corrected chi connectivity index (χ4v) is 3.26. The minimum absolute atomic E-state index is 0.00605. The third-order valence-corrected chi connectivity index (χ3v) is 4.62. The van der Waals surface area contributed by atoms with E-state index in [0.29, 0.717) is 16.6 Å². The predicted molar refractivity (Wildman–Crippen MR) is 91.9 cm³/mol. The maximum Gasteiger partial charge on any atom is 0.270 e. The second-order valence-electron chi connectivity index (χ2n) is 6.05. The van der Waals surface area contributed by atoms with Gasteiger partial charge in [-0.2, -0.15) is 0 Å². The van der Waals surface area contributed by atoms with Crippen LogP contribution in [0.2, 0.25) is 5.02 Å². The molecule has 122 valence electrons. The lowest BCUT2D eigenvalue weighted by atomic mass is 9.96. The van der Waals surface area contributed by atoms with Crippen LogP contribution >= 0.6 is 11.6 Å². The highest BCUT2D eigenvalue weighted by atomic mass is 35.5. The number of halogens is 1. The molecule has 0 unspecified atom stereocenters. The Kier molecular flexibility index (Phi) is 4.86. The summed E-state index contributed by atoms with van der Waals surface area (Å²) in [6.07, 6.45) is 7.47. The molecule has 2 aromatic rings. The first-order chi connectivity index (χ1) is 11.1. The van der Waals surface area contributed by atoms with Gasteiger partial charge < -0.3 is 14.8 Å². The zero-order valence-electron chi connectivity index (χ0n) is 13.2. The van der Waals surface area contributed by atoms with E-state index in [9.17, 15) is 4.79 Å². The summed E-state index contributed by atoms with van der Waals surface area (Å²) in [5.74, 6) is 0.529. The number of anilines is 1. The van der Waals surface area contributed by atoms with Gasteiger partial charge in [-0.3, -0.25) is 9.78 Å². The molecule has 1 aliphatic rings. The highest BCUT2D eigenvalue weighted by Crippen LogP contribution is 2.23. The Balaban J connectivity index is 1.51. The molecule has 5 nitrogen and oxygen atoms in total. The molecule has 1 N–H and O–H groups in total. The third kappa shape index (κ3) is 3.85. The zero-order chi connectivity index (χ0) is 16.2. The lowest BCUT2D eigenvalue weighted by Crippen LogP contribution is -2.39. The van der Waals surface area contributed by atoms with Crippen LogP contribution in [0.4, 0.5) is 5.69 Å². The lowest BCUT2D eigenvalue weighted by Gasteiger charge is -2.35. The Morgan fingerprint density at radius 2 is 2.09 bits per heavy atom. The number of carbonyl (C=O) groups is 1. The molecule has 0 atom stereocenters. The van der Waals surface area contributed by atoms with Crippen LogP contribution in [0.25, 0.3) is 0 Å². The molecule has 3 rings (SSSR count). The molecule has 6 heteroatoms. The van der Waals surface area contributed by atoms with Crippen molar-refractivity contribution in [1.29, 1.82) is 0 Å². The Labute approximate surface area is 141 Å². The SMILES string of the molecule is CN(CC1CCN(c2ccncc2)CC1)C(=O)c1cc(Cl)c[nH]1. The molecule has 2 aromatic heterocycles. The molecule has 1 aliphatic heterocycles. The van der Waals surface area contributed by atoms with E-state index in [1.807, 2.05) is 31.6 Å². The molecule has 0 aromatic carbocycles. The van der Waals surface area contributed by atoms with Gasteiger partial charge in [0.2, 0.25) is 0 Å². The van der Waals surface area contributed by atoms with Gasteiger partial charge in [0.1, 0.15) is 5.69 Å². The molecule has 1 fully saturated rings. The molecule has 0 radical (unpaired) electrons. The molecular formula is C17H21ClN4O. The number of carbonyl (C=O) groups excluding carboxylic acids is 1. The van der Waals surface area contributed by atoms with E-state index in [2.05, 4.69) is 14.9 Å². The summed E-state index contributed by atoms with van der Waals surface area (Å²) < 4.78 is 0. The third-order valence-electron chi connectivity index (χ3n) is 4.40. The van der Waals surface area contributed by atoms with E-state index in [0.717, 1.165) is 32.5 Å². The average molecular weight is 333 g/mol. The average Bonchev–Trinajstić information content (AvgIpc) is 3.02. The molecule has 1 amide bonds. The molecular weight excluding hydrogens is 312 g/mol. The van der Waals surface area contributed by atoms with Crippen LogP contribution in [0, 0.1) is 5.92 Å². The summed E-state index contributed by atoms with van der Waals surface area (Å²) in [5.41, 5.74) is 1.77. The monoisotopic (exact) mass is 332 g/mol. The van der Waals surface area contributed by atoms with E-state index in [1.54, 1.807) is 17.2 Å². The van der Waals surface area contributed by atoms with Gasteiger partial charge in [0.05, 0.1) is 5.02 Å². The van der Waals surface area contributed by atoms with Crippen molar-refractivity contribution in [1.82, 2.24) is 14.9 Å². The number of aromatic amines is 1. The Hall–Kier alpha value is -2.01. The number of H-pyrrole nitrogens is 1. The summed E-state index contributed by atoms with van der Waals surface area (Å²) in [4.78, 5) is 23.5. The van der Waals surface area contributed by atoms with E-state index < -0.39 is 0 Å². The number of hydrogen-bond acceptors (Lipinski definition) is 3. The van der Waals surface area contributed by atoms with Crippen LogP contribution in [0.15, 0.2) is 36.8 Å². The highest BCUT2D eigenvalue weighted by molar-refractivity contribution is 6.30. The van der Waals surface area contributed by atoms with Crippen molar-refractivity contribution in [3.8, 4) is 0 Å². The van der Waals surface area contributed by atoms with Crippen molar-refractivity contribution in [2.75, 3.05) is 31.6 Å². The van der Waals surface area contributed by atoms with Crippen LogP contribution in [-0.4, -0.2) is 47.5 Å². The number of aromatic nitrogens is 2. The number of piperidine rings is 1. The number of amides is 1. The van der Waals surface area contributed by atoms with Crippen molar-refractivity contribution < 1.29 is 4.79 Å². The summed E-state index contributed by atoms with van der Waals surface area (Å²) in [7, 11) is 1.85. The normalized spacial score (nSPS) is 15.7. The first-order valence-electron chi connectivity index (χ1n) is 7.88. The maximum absolute atomic E-state index is 12.3. The number of pyridine rings is 1. The minimum Gasteiger partial charge on any atom is -0.371 e. The second-order valence-corrected chi connectivity index (χ2v) is 6.49. The molecule has 0 saturated carbocycles. The fraction of sp³-hybridized carbons (Fsp3) is 0.412. The first-order valence-corrected chi connectivity index (χ1v) is 8.25. The summed E-state index contributed by atoms with van der Waals surface area (Å²) in [6, 6.07) is 5.77. The van der Waals surface area contributed by atoms with Gasteiger partial charge in [0.15, 0.2) is 0 Å². The van der Waals surface area contributed by atoms with Crippen molar-refractivity contribution in [2.24, 2.45) is 5.92 Å². The van der Waals surface area contributed by atoms with Gasteiger partial charge in [-0.15, -0.1) is 0 Å². The van der Waals surface area contributed by atoms with Gasteiger partial charge in [-0.05, 0) is 37.0 Å². The van der Waals surface area contributed by atoms with E-state index in [4.69, 9.17) is 11.6 Å². The number of nitrogens with one attached hydrogen (secondary N) is 1. The quantitative estimate of drug-likeness (QED) is 0.936. The molecule has 1 saturated heterocycles. The number of hydrogen-bond donors (Lipinski definition) is 1. The smallest absolute Gasteiger partial charge is 0.270 e. The van der Waals surface area contributed by atoms with Crippen molar-refractivity contribution in [3.05, 3.63) is 47.5 Å². The minimum atomic E-state index is -0.00605. The summed E-state index contributed by atoms with van der Waals surface area (Å²) in [5, 5.41) is 0.562. The zero-order valence-corrected chi connectivity index (χ0v) is 14.0. The predicted octanol–water partition coefficient (Wildman–Crippen LogP) is 3.05. The molecule has 0 spiro atoms. The van der Waals surface area contributed by atoms with Gasteiger partial charge in [-0.1, -0.05) is 11.6 Å². The number of nitrogens with zero attached hydrogens (tertiary/aromatic N) is 3. The fourth-order valence-electron chi connectivity index (χ4n) is 3.10.